The van der Waals surface area contributed by atoms with Gasteiger partial charge in [-0.2, -0.15) is 23.1 Å². The van der Waals surface area contributed by atoms with E-state index in [0.717, 1.165) is 13.0 Å². The molecule has 2 atom stereocenters. The van der Waals surface area contributed by atoms with Gasteiger partial charge in [0, 0.05) is 25.2 Å². The van der Waals surface area contributed by atoms with Crippen molar-refractivity contribution in [1.29, 1.82) is 0 Å². The number of fused-ring (bicyclic) bond motifs is 2. The van der Waals surface area contributed by atoms with E-state index in [9.17, 15) is 17.6 Å². The molecule has 0 amide bonds. The molecule has 2 aliphatic heterocycles. The van der Waals surface area contributed by atoms with Crippen molar-refractivity contribution in [3.05, 3.63) is 28.8 Å². The predicted molar refractivity (Wildman–Crippen MR) is 117 cm³/mol. The van der Waals surface area contributed by atoms with Gasteiger partial charge in [0.1, 0.15) is 34.3 Å². The first kappa shape index (κ1) is 23.3. The van der Waals surface area contributed by atoms with Crippen molar-refractivity contribution in [2.75, 3.05) is 37.4 Å². The standard InChI is InChI=1S/C22H21F5N6O2/c1-8-14(22(25,26)27)10(6-11(28)15(8)23)17-16(24)18-13-19(32-21(31-18)34-3)33-5-4-29-7-12(33)9(2)35-20(13)30-17/h6,9,12,29H,4-5,7,28H2,1-3H3/t9?,12-/m0/s1. The number of piperazine rings is 1. The Bertz CT molecular complexity index is 1350. The molecule has 0 radical (unpaired) electrons. The van der Waals surface area contributed by atoms with Crippen LogP contribution in [0.25, 0.3) is 22.2 Å². The third kappa shape index (κ3) is 3.56. The van der Waals surface area contributed by atoms with Gasteiger partial charge in [0.05, 0.1) is 24.4 Å². The van der Waals surface area contributed by atoms with E-state index in [1.807, 2.05) is 4.90 Å². The van der Waals surface area contributed by atoms with E-state index in [-0.39, 0.29) is 28.8 Å². The van der Waals surface area contributed by atoms with Crippen molar-refractivity contribution in [1.82, 2.24) is 20.3 Å². The SMILES string of the molecule is COc1nc2c3c(nc(-c4cc(N)c(F)c(C)c4C(F)(F)F)c(F)c3n1)OC(C)[C@@H]1CNCCN21. The lowest BCUT2D eigenvalue weighted by atomic mass is 9.96. The van der Waals surface area contributed by atoms with Crippen molar-refractivity contribution in [2.45, 2.75) is 32.2 Å². The van der Waals surface area contributed by atoms with E-state index in [1.165, 1.54) is 7.11 Å². The summed E-state index contributed by atoms with van der Waals surface area (Å²) in [6.45, 7) is 4.38. The van der Waals surface area contributed by atoms with Crippen LogP contribution in [0, 0.1) is 18.6 Å². The third-order valence-corrected chi connectivity index (χ3v) is 6.36. The van der Waals surface area contributed by atoms with Crippen LogP contribution < -0.4 is 25.4 Å². The van der Waals surface area contributed by atoms with Gasteiger partial charge in [0.25, 0.3) is 0 Å². The number of hydrogen-bond donors (Lipinski definition) is 2. The van der Waals surface area contributed by atoms with E-state index in [4.69, 9.17) is 15.2 Å². The number of anilines is 2. The molecule has 3 aromatic rings. The summed E-state index contributed by atoms with van der Waals surface area (Å²) in [5, 5.41) is 3.37. The van der Waals surface area contributed by atoms with E-state index < -0.39 is 52.0 Å². The molecular formula is C22H21F5N6O2. The van der Waals surface area contributed by atoms with Gasteiger partial charge in [-0.3, -0.25) is 0 Å². The normalized spacial score (nSPS) is 19.8. The fourth-order valence-corrected chi connectivity index (χ4v) is 4.70. The fraction of sp³-hybridized carbons (Fsp3) is 0.409. The van der Waals surface area contributed by atoms with Crippen LogP contribution in [-0.4, -0.2) is 53.8 Å². The number of methoxy groups -OCH3 is 1. The van der Waals surface area contributed by atoms with Crippen LogP contribution in [0.2, 0.25) is 0 Å². The van der Waals surface area contributed by atoms with E-state index in [2.05, 4.69) is 20.3 Å². The molecule has 0 aliphatic carbocycles. The Morgan fingerprint density at radius 1 is 1.20 bits per heavy atom. The number of nitrogens with two attached hydrogens (primary N) is 1. The number of aromatic nitrogens is 3. The van der Waals surface area contributed by atoms with Gasteiger partial charge in [-0.1, -0.05) is 0 Å². The number of ether oxygens (including phenoxy) is 2. The summed E-state index contributed by atoms with van der Waals surface area (Å²) in [6, 6.07) is 0.329. The van der Waals surface area contributed by atoms with Crippen molar-refractivity contribution in [2.24, 2.45) is 0 Å². The number of rotatable bonds is 2. The highest BCUT2D eigenvalue weighted by atomic mass is 19.4. The zero-order chi connectivity index (χ0) is 25.2. The summed E-state index contributed by atoms with van der Waals surface area (Å²) >= 11 is 0. The second-order valence-corrected chi connectivity index (χ2v) is 8.45. The van der Waals surface area contributed by atoms with Crippen LogP contribution in [0.1, 0.15) is 18.1 Å². The van der Waals surface area contributed by atoms with E-state index >= 15 is 4.39 Å². The van der Waals surface area contributed by atoms with Crippen molar-refractivity contribution in [3.63, 3.8) is 0 Å². The van der Waals surface area contributed by atoms with Crippen LogP contribution in [-0.2, 0) is 6.18 Å². The molecule has 1 unspecified atom stereocenters. The van der Waals surface area contributed by atoms with Crippen LogP contribution in [0.5, 0.6) is 11.9 Å². The molecule has 5 rings (SSSR count). The monoisotopic (exact) mass is 496 g/mol. The smallest absolute Gasteiger partial charge is 0.417 e. The highest BCUT2D eigenvalue weighted by Crippen LogP contribution is 2.46. The maximum absolute atomic E-state index is 16.0. The topological polar surface area (TPSA) is 98.4 Å². The molecule has 186 valence electrons. The highest BCUT2D eigenvalue weighted by molar-refractivity contribution is 5.97. The van der Waals surface area contributed by atoms with E-state index in [1.54, 1.807) is 6.92 Å². The quantitative estimate of drug-likeness (QED) is 0.411. The average Bonchev–Trinajstić information content (AvgIpc) is 2.93. The molecule has 2 aromatic heterocycles. The second kappa shape index (κ2) is 8.04. The Morgan fingerprint density at radius 3 is 2.63 bits per heavy atom. The lowest BCUT2D eigenvalue weighted by Gasteiger charge is -2.38. The summed E-state index contributed by atoms with van der Waals surface area (Å²) in [6.07, 6.45) is -5.50. The third-order valence-electron chi connectivity index (χ3n) is 6.36. The van der Waals surface area contributed by atoms with Gasteiger partial charge in [0.2, 0.25) is 5.88 Å². The maximum atomic E-state index is 16.0. The van der Waals surface area contributed by atoms with Gasteiger partial charge in [-0.15, -0.1) is 0 Å². The van der Waals surface area contributed by atoms with Crippen molar-refractivity contribution < 1.29 is 31.4 Å². The first-order chi connectivity index (χ1) is 16.5. The van der Waals surface area contributed by atoms with Gasteiger partial charge >= 0.3 is 12.2 Å². The van der Waals surface area contributed by atoms with Crippen LogP contribution >= 0.6 is 0 Å². The number of benzene rings is 1. The van der Waals surface area contributed by atoms with Gasteiger partial charge < -0.3 is 25.4 Å². The number of alkyl halides is 3. The Hall–Kier alpha value is -3.48. The molecule has 0 spiro atoms. The Morgan fingerprint density at radius 2 is 1.94 bits per heavy atom. The number of nitrogens with one attached hydrogen (secondary N) is 1. The van der Waals surface area contributed by atoms with Crippen LogP contribution in [0.15, 0.2) is 6.07 Å². The minimum absolute atomic E-state index is 0.115. The minimum atomic E-state index is -5.01. The first-order valence-corrected chi connectivity index (χ1v) is 10.8. The lowest BCUT2D eigenvalue weighted by molar-refractivity contribution is -0.137. The molecule has 1 fully saturated rings. The van der Waals surface area contributed by atoms with Gasteiger partial charge in [0.15, 0.2) is 5.82 Å². The lowest BCUT2D eigenvalue weighted by Crippen LogP contribution is -2.56. The molecule has 1 saturated heterocycles. The molecule has 35 heavy (non-hydrogen) atoms. The zero-order valence-electron chi connectivity index (χ0n) is 18.9. The van der Waals surface area contributed by atoms with Crippen LogP contribution in [0.3, 0.4) is 0 Å². The molecule has 0 saturated carbocycles. The Labute approximate surface area is 196 Å². The summed E-state index contributed by atoms with van der Waals surface area (Å²) in [5.74, 6) is -2.22. The molecule has 8 nitrogen and oxygen atoms in total. The summed E-state index contributed by atoms with van der Waals surface area (Å²) in [4.78, 5) is 14.6. The zero-order valence-corrected chi connectivity index (χ0v) is 18.9. The number of nitrogen functional groups attached to an aromatic ring is 1. The number of nitrogens with zero attached hydrogens (tertiary/aromatic N) is 4. The van der Waals surface area contributed by atoms with E-state index in [0.29, 0.717) is 25.5 Å². The van der Waals surface area contributed by atoms with Gasteiger partial charge in [-0.05, 0) is 25.5 Å². The minimum Gasteiger partial charge on any atom is -0.472 e. The first-order valence-electron chi connectivity index (χ1n) is 10.8. The molecular weight excluding hydrogens is 475 g/mol. The fourth-order valence-electron chi connectivity index (χ4n) is 4.70. The summed E-state index contributed by atoms with van der Waals surface area (Å²) in [5.41, 5.74) is 1.15. The number of halogens is 5. The molecule has 1 aromatic carbocycles. The maximum Gasteiger partial charge on any atom is 0.417 e. The average molecular weight is 496 g/mol. The Balaban J connectivity index is 1.87. The summed E-state index contributed by atoms with van der Waals surface area (Å²) in [7, 11) is 1.30. The molecule has 2 aliphatic rings. The summed E-state index contributed by atoms with van der Waals surface area (Å²) < 4.78 is 83.5. The molecule has 3 N–H and O–H groups in total. The largest absolute Gasteiger partial charge is 0.472 e. The van der Waals surface area contributed by atoms with Crippen molar-refractivity contribution >= 4 is 22.4 Å². The molecule has 4 heterocycles. The Kier molecular flexibility index (Phi) is 5.34. The highest BCUT2D eigenvalue weighted by Gasteiger charge is 2.41. The van der Waals surface area contributed by atoms with Crippen molar-refractivity contribution in [3.8, 4) is 23.1 Å². The number of pyridine rings is 1. The van der Waals surface area contributed by atoms with Crippen LogP contribution in [0.4, 0.5) is 33.5 Å². The number of hydrogen-bond acceptors (Lipinski definition) is 8. The second-order valence-electron chi connectivity index (χ2n) is 8.45. The molecule has 13 heteroatoms. The van der Waals surface area contributed by atoms with Gasteiger partial charge in [-0.25, -0.2) is 13.8 Å². The molecule has 0 bridgehead atoms. The predicted octanol–water partition coefficient (Wildman–Crippen LogP) is 3.45.